The summed E-state index contributed by atoms with van der Waals surface area (Å²) >= 11 is 0. The summed E-state index contributed by atoms with van der Waals surface area (Å²) in [6.07, 6.45) is 4.50. The molecule has 0 spiro atoms. The zero-order chi connectivity index (χ0) is 18.2. The summed E-state index contributed by atoms with van der Waals surface area (Å²) in [6, 6.07) is 9.26. The Morgan fingerprint density at radius 1 is 1.08 bits per heavy atom. The lowest BCUT2D eigenvalue weighted by Gasteiger charge is -2.34. The van der Waals surface area contributed by atoms with Crippen LogP contribution in [0.3, 0.4) is 0 Å². The second kappa shape index (κ2) is 9.26. The number of amides is 1. The number of nitrogens with two attached hydrogens (primary N) is 1. The van der Waals surface area contributed by atoms with Crippen molar-refractivity contribution in [3.63, 3.8) is 0 Å². The van der Waals surface area contributed by atoms with E-state index in [4.69, 9.17) is 5.73 Å². The quantitative estimate of drug-likeness (QED) is 0.718. The molecule has 0 bridgehead atoms. The molecular formula is C19H26N6O. The molecule has 1 saturated heterocycles. The Kier molecular flexibility index (Phi) is 6.51. The van der Waals surface area contributed by atoms with E-state index < -0.39 is 0 Å². The number of aromatic nitrogens is 2. The van der Waals surface area contributed by atoms with Gasteiger partial charge < -0.3 is 16.0 Å². The molecule has 0 unspecified atom stereocenters. The molecule has 3 N–H and O–H groups in total. The molecule has 138 valence electrons. The van der Waals surface area contributed by atoms with E-state index in [0.29, 0.717) is 18.7 Å². The summed E-state index contributed by atoms with van der Waals surface area (Å²) in [5.41, 5.74) is 7.28. The van der Waals surface area contributed by atoms with Gasteiger partial charge in [0.25, 0.3) is 5.91 Å². The molecular weight excluding hydrogens is 328 g/mol. The average Bonchev–Trinajstić information content (AvgIpc) is 2.72. The number of rotatable bonds is 7. The normalized spacial score (nSPS) is 15.0. The van der Waals surface area contributed by atoms with E-state index in [9.17, 15) is 4.79 Å². The molecule has 1 aromatic heterocycles. The fourth-order valence-corrected chi connectivity index (χ4v) is 3.02. The molecule has 1 aliphatic rings. The molecule has 1 amide bonds. The number of carbonyl (C=O) groups is 1. The van der Waals surface area contributed by atoms with Gasteiger partial charge >= 0.3 is 0 Å². The largest absolute Gasteiger partial charge is 0.352 e. The lowest BCUT2D eigenvalue weighted by atomic mass is 10.1. The summed E-state index contributed by atoms with van der Waals surface area (Å²) in [5.74, 6) is 0.777. The number of hydrogen-bond acceptors (Lipinski definition) is 6. The van der Waals surface area contributed by atoms with Crippen LogP contribution in [-0.2, 0) is 6.54 Å². The number of nitrogens with zero attached hydrogens (tertiary/aromatic N) is 4. The van der Waals surface area contributed by atoms with Crippen molar-refractivity contribution in [3.8, 4) is 0 Å². The van der Waals surface area contributed by atoms with Gasteiger partial charge in [0.05, 0.1) is 0 Å². The van der Waals surface area contributed by atoms with Crippen LogP contribution in [0.4, 0.5) is 5.95 Å². The molecule has 1 aliphatic heterocycles. The smallest absolute Gasteiger partial charge is 0.251 e. The Morgan fingerprint density at radius 2 is 1.77 bits per heavy atom. The van der Waals surface area contributed by atoms with E-state index in [2.05, 4.69) is 25.1 Å². The highest BCUT2D eigenvalue weighted by molar-refractivity contribution is 5.94. The topological polar surface area (TPSA) is 87.4 Å². The number of carbonyl (C=O) groups excluding carboxylic acids is 1. The van der Waals surface area contributed by atoms with Crippen LogP contribution >= 0.6 is 0 Å². The highest BCUT2D eigenvalue weighted by atomic mass is 16.1. The average molecular weight is 354 g/mol. The van der Waals surface area contributed by atoms with Crippen LogP contribution in [0.15, 0.2) is 42.7 Å². The zero-order valence-corrected chi connectivity index (χ0v) is 15.0. The van der Waals surface area contributed by atoms with Crippen molar-refractivity contribution < 1.29 is 4.79 Å². The first-order chi connectivity index (χ1) is 12.8. The van der Waals surface area contributed by atoms with E-state index in [1.807, 2.05) is 30.3 Å². The molecule has 1 fully saturated rings. The molecule has 3 rings (SSSR count). The fraction of sp³-hybridized carbons (Fsp3) is 0.421. The highest BCUT2D eigenvalue weighted by Gasteiger charge is 2.18. The standard InChI is InChI=1S/C19H26N6O/c20-15-16-3-5-17(6-4-16)18(26)21-9-2-10-24-11-13-25(14-12-24)19-22-7-1-8-23-19/h1,3-8H,2,9-15,20H2,(H,21,26). The Hall–Kier alpha value is -2.51. The molecule has 0 radical (unpaired) electrons. The van der Waals surface area contributed by atoms with Crippen molar-refractivity contribution in [1.29, 1.82) is 0 Å². The lowest BCUT2D eigenvalue weighted by Crippen LogP contribution is -2.47. The summed E-state index contributed by atoms with van der Waals surface area (Å²) in [4.78, 5) is 25.4. The lowest BCUT2D eigenvalue weighted by molar-refractivity contribution is 0.0951. The minimum atomic E-state index is -0.0281. The van der Waals surface area contributed by atoms with E-state index in [-0.39, 0.29) is 5.91 Å². The third-order valence-electron chi connectivity index (χ3n) is 4.60. The maximum atomic E-state index is 12.1. The maximum Gasteiger partial charge on any atom is 0.251 e. The minimum absolute atomic E-state index is 0.0281. The van der Waals surface area contributed by atoms with Crippen LogP contribution in [0.5, 0.6) is 0 Å². The summed E-state index contributed by atoms with van der Waals surface area (Å²) in [6.45, 7) is 6.01. The predicted octanol–water partition coefficient (Wildman–Crippen LogP) is 0.877. The molecule has 26 heavy (non-hydrogen) atoms. The summed E-state index contributed by atoms with van der Waals surface area (Å²) in [5, 5.41) is 2.98. The van der Waals surface area contributed by atoms with Gasteiger partial charge in [-0.05, 0) is 36.7 Å². The van der Waals surface area contributed by atoms with Crippen LogP contribution in [0.2, 0.25) is 0 Å². The maximum absolute atomic E-state index is 12.1. The molecule has 2 aromatic rings. The van der Waals surface area contributed by atoms with E-state index in [1.54, 1.807) is 12.4 Å². The number of piperazine rings is 1. The van der Waals surface area contributed by atoms with Crippen LogP contribution in [0.25, 0.3) is 0 Å². The molecule has 7 nitrogen and oxygen atoms in total. The summed E-state index contributed by atoms with van der Waals surface area (Å²) in [7, 11) is 0. The van der Waals surface area contributed by atoms with Crippen molar-refractivity contribution in [1.82, 2.24) is 20.2 Å². The third kappa shape index (κ3) is 5.00. The number of hydrogen-bond donors (Lipinski definition) is 2. The molecule has 7 heteroatoms. The zero-order valence-electron chi connectivity index (χ0n) is 15.0. The van der Waals surface area contributed by atoms with Gasteiger partial charge in [-0.2, -0.15) is 0 Å². The second-order valence-electron chi connectivity index (χ2n) is 6.39. The third-order valence-corrected chi connectivity index (χ3v) is 4.60. The van der Waals surface area contributed by atoms with Crippen LogP contribution in [0, 0.1) is 0 Å². The number of nitrogens with one attached hydrogen (secondary N) is 1. The first-order valence-electron chi connectivity index (χ1n) is 9.08. The van der Waals surface area contributed by atoms with Crippen molar-refractivity contribution in [2.45, 2.75) is 13.0 Å². The van der Waals surface area contributed by atoms with E-state index in [1.165, 1.54) is 0 Å². The molecule has 2 heterocycles. The van der Waals surface area contributed by atoms with Crippen LogP contribution in [0.1, 0.15) is 22.3 Å². The number of benzene rings is 1. The predicted molar refractivity (Wildman–Crippen MR) is 102 cm³/mol. The van der Waals surface area contributed by atoms with E-state index >= 15 is 0 Å². The van der Waals surface area contributed by atoms with Crippen molar-refractivity contribution in [2.75, 3.05) is 44.2 Å². The molecule has 1 aromatic carbocycles. The van der Waals surface area contributed by atoms with Gasteiger partial charge in [0.2, 0.25) is 5.95 Å². The fourth-order valence-electron chi connectivity index (χ4n) is 3.02. The van der Waals surface area contributed by atoms with Crippen molar-refractivity contribution in [3.05, 3.63) is 53.9 Å². The van der Waals surface area contributed by atoms with Crippen LogP contribution < -0.4 is 16.0 Å². The van der Waals surface area contributed by atoms with Gasteiger partial charge in [0.1, 0.15) is 0 Å². The van der Waals surface area contributed by atoms with Gasteiger partial charge in [0, 0.05) is 57.2 Å². The Bertz CT molecular complexity index is 683. The number of anilines is 1. The van der Waals surface area contributed by atoms with Gasteiger partial charge in [0.15, 0.2) is 0 Å². The van der Waals surface area contributed by atoms with Crippen molar-refractivity contribution in [2.24, 2.45) is 5.73 Å². The van der Waals surface area contributed by atoms with Crippen LogP contribution in [-0.4, -0.2) is 60.0 Å². The first-order valence-corrected chi connectivity index (χ1v) is 9.08. The SMILES string of the molecule is NCc1ccc(C(=O)NCCCN2CCN(c3ncccn3)CC2)cc1. The van der Waals surface area contributed by atoms with Gasteiger partial charge in [-0.3, -0.25) is 9.69 Å². The molecule has 0 aliphatic carbocycles. The molecule has 0 atom stereocenters. The Balaban J connectivity index is 1.33. The van der Waals surface area contributed by atoms with Gasteiger partial charge in [-0.15, -0.1) is 0 Å². The monoisotopic (exact) mass is 354 g/mol. The van der Waals surface area contributed by atoms with Gasteiger partial charge in [-0.25, -0.2) is 9.97 Å². The summed E-state index contributed by atoms with van der Waals surface area (Å²) < 4.78 is 0. The van der Waals surface area contributed by atoms with E-state index in [0.717, 1.165) is 50.7 Å². The first kappa shape index (κ1) is 18.3. The second-order valence-corrected chi connectivity index (χ2v) is 6.39. The molecule has 0 saturated carbocycles. The Morgan fingerprint density at radius 3 is 2.42 bits per heavy atom. The van der Waals surface area contributed by atoms with Gasteiger partial charge in [-0.1, -0.05) is 12.1 Å². The minimum Gasteiger partial charge on any atom is -0.352 e. The highest BCUT2D eigenvalue weighted by Crippen LogP contribution is 2.09. The van der Waals surface area contributed by atoms with Crippen molar-refractivity contribution >= 4 is 11.9 Å². The Labute approximate surface area is 154 Å².